The van der Waals surface area contributed by atoms with Crippen molar-refractivity contribution < 1.29 is 29.3 Å². The van der Waals surface area contributed by atoms with Crippen molar-refractivity contribution >= 4 is 11.8 Å². The molecule has 0 aromatic heterocycles. The minimum atomic E-state index is -0.718. The van der Waals surface area contributed by atoms with E-state index >= 15 is 0 Å². The topological polar surface area (TPSA) is 96.4 Å². The zero-order valence-corrected chi connectivity index (χ0v) is 14.1. The molecule has 0 aliphatic carbocycles. The summed E-state index contributed by atoms with van der Waals surface area (Å²) in [5.41, 5.74) is 0.558. The summed E-state index contributed by atoms with van der Waals surface area (Å²) >= 11 is 0. The number of rotatable bonds is 0. The molecule has 2 aliphatic heterocycles. The maximum absolute atomic E-state index is 12.5. The summed E-state index contributed by atoms with van der Waals surface area (Å²) in [5, 5.41) is 20.1. The largest absolute Gasteiger partial charge is 0.508 e. The van der Waals surface area contributed by atoms with Crippen LogP contribution in [0.4, 0.5) is 0 Å². The molecule has 6 heteroatoms. The third-order valence-electron chi connectivity index (χ3n) is 4.41. The molecule has 0 spiro atoms. The lowest BCUT2D eigenvalue weighted by atomic mass is 9.95. The number of esters is 1. The van der Waals surface area contributed by atoms with Gasteiger partial charge in [-0.15, -0.1) is 0 Å². The number of phenols is 2. The lowest BCUT2D eigenvalue weighted by Gasteiger charge is -2.17. The average Bonchev–Trinajstić information content (AvgIpc) is 3.25. The number of allylic oxidation sites excluding steroid dienone is 3. The second-order valence-corrected chi connectivity index (χ2v) is 6.37. The fourth-order valence-corrected chi connectivity index (χ4v) is 2.96. The molecule has 0 bridgehead atoms. The minimum absolute atomic E-state index is 0.0271. The van der Waals surface area contributed by atoms with E-state index in [1.165, 1.54) is 6.08 Å². The van der Waals surface area contributed by atoms with Crippen molar-refractivity contribution in [3.63, 3.8) is 0 Å². The van der Waals surface area contributed by atoms with Gasteiger partial charge in [-0.2, -0.15) is 0 Å². The zero-order valence-electron chi connectivity index (χ0n) is 14.1. The van der Waals surface area contributed by atoms with E-state index in [2.05, 4.69) is 0 Å². The van der Waals surface area contributed by atoms with Gasteiger partial charge in [0.15, 0.2) is 5.78 Å². The fourth-order valence-electron chi connectivity index (χ4n) is 2.96. The van der Waals surface area contributed by atoms with Gasteiger partial charge in [0.1, 0.15) is 29.3 Å². The second-order valence-electron chi connectivity index (χ2n) is 6.37. The monoisotopic (exact) mass is 344 g/mol. The Morgan fingerprint density at radius 3 is 2.68 bits per heavy atom. The van der Waals surface area contributed by atoms with Crippen LogP contribution in [-0.2, 0) is 20.7 Å². The predicted molar refractivity (Wildman–Crippen MR) is 89.7 cm³/mol. The van der Waals surface area contributed by atoms with E-state index < -0.39 is 17.8 Å². The number of hydrogen-bond acceptors (Lipinski definition) is 6. The summed E-state index contributed by atoms with van der Waals surface area (Å²) in [5.74, 6) is -1.56. The van der Waals surface area contributed by atoms with Crippen LogP contribution in [0, 0.1) is 6.92 Å². The predicted octanol–water partition coefficient (Wildman–Crippen LogP) is 2.35. The van der Waals surface area contributed by atoms with Gasteiger partial charge in [-0.1, -0.05) is 18.2 Å². The Bertz CT molecular complexity index is 777. The Labute approximate surface area is 145 Å². The van der Waals surface area contributed by atoms with Crippen molar-refractivity contribution in [3.8, 4) is 11.5 Å². The molecule has 1 aromatic rings. The maximum atomic E-state index is 12.5. The van der Waals surface area contributed by atoms with Crippen LogP contribution in [0.1, 0.15) is 34.8 Å². The van der Waals surface area contributed by atoms with Gasteiger partial charge in [0.25, 0.3) is 0 Å². The smallest absolute Gasteiger partial charge is 0.342 e. The molecule has 1 saturated heterocycles. The van der Waals surface area contributed by atoms with Crippen molar-refractivity contribution in [3.05, 3.63) is 47.1 Å². The Balaban J connectivity index is 2.01. The van der Waals surface area contributed by atoms with Crippen LogP contribution in [0.5, 0.6) is 11.5 Å². The number of epoxide rings is 1. The summed E-state index contributed by atoms with van der Waals surface area (Å²) in [6, 6.07) is 1.09. The number of cyclic esters (lactones) is 1. The molecule has 6 nitrogen and oxygen atoms in total. The maximum Gasteiger partial charge on any atom is 0.342 e. The van der Waals surface area contributed by atoms with Crippen LogP contribution in [0.25, 0.3) is 0 Å². The van der Waals surface area contributed by atoms with E-state index in [1.807, 2.05) is 6.08 Å². The van der Waals surface area contributed by atoms with Gasteiger partial charge in [0.05, 0.1) is 6.10 Å². The summed E-state index contributed by atoms with van der Waals surface area (Å²) in [6.45, 7) is 3.34. The van der Waals surface area contributed by atoms with Crippen LogP contribution in [-0.4, -0.2) is 40.3 Å². The number of hydrogen-bond donors (Lipinski definition) is 2. The minimum Gasteiger partial charge on any atom is -0.508 e. The molecule has 1 fully saturated rings. The Kier molecular flexibility index (Phi) is 4.63. The van der Waals surface area contributed by atoms with Gasteiger partial charge in [0.2, 0.25) is 0 Å². The molecule has 2 aliphatic rings. The second kappa shape index (κ2) is 6.72. The number of fused-ring (bicyclic) bond motifs is 2. The normalized spacial score (nSPS) is 29.0. The SMILES string of the molecule is Cc1c(O)cc(O)c2c1CC(=O)/C=C/C=C\C1OC1CC(C)OC2=O. The highest BCUT2D eigenvalue weighted by Gasteiger charge is 2.38. The number of ether oxygens (including phenoxy) is 2. The molecular weight excluding hydrogens is 324 g/mol. The first-order valence-corrected chi connectivity index (χ1v) is 8.15. The third-order valence-corrected chi connectivity index (χ3v) is 4.41. The van der Waals surface area contributed by atoms with E-state index in [4.69, 9.17) is 9.47 Å². The summed E-state index contributed by atoms with van der Waals surface area (Å²) < 4.78 is 10.9. The van der Waals surface area contributed by atoms with Crippen molar-refractivity contribution in [1.29, 1.82) is 0 Å². The Morgan fingerprint density at radius 1 is 1.16 bits per heavy atom. The van der Waals surface area contributed by atoms with Crippen molar-refractivity contribution in [1.82, 2.24) is 0 Å². The highest BCUT2D eigenvalue weighted by Crippen LogP contribution is 2.34. The Morgan fingerprint density at radius 2 is 1.92 bits per heavy atom. The molecule has 2 N–H and O–H groups in total. The molecule has 132 valence electrons. The summed E-state index contributed by atoms with van der Waals surface area (Å²) in [4.78, 5) is 24.7. The molecule has 2 heterocycles. The highest BCUT2D eigenvalue weighted by molar-refractivity contribution is 5.99. The molecule has 3 unspecified atom stereocenters. The van der Waals surface area contributed by atoms with Gasteiger partial charge in [-0.05, 0) is 31.1 Å². The fraction of sp³-hybridized carbons (Fsp3) is 0.368. The first kappa shape index (κ1) is 17.2. The number of carbonyl (C=O) groups is 2. The summed E-state index contributed by atoms with van der Waals surface area (Å²) in [7, 11) is 0. The number of aromatic hydroxyl groups is 2. The van der Waals surface area contributed by atoms with Gasteiger partial charge in [0, 0.05) is 18.9 Å². The molecule has 0 radical (unpaired) electrons. The van der Waals surface area contributed by atoms with Crippen LogP contribution in [0.3, 0.4) is 0 Å². The average molecular weight is 344 g/mol. The van der Waals surface area contributed by atoms with Gasteiger partial charge < -0.3 is 19.7 Å². The Hall–Kier alpha value is -2.60. The first-order valence-electron chi connectivity index (χ1n) is 8.15. The van der Waals surface area contributed by atoms with Gasteiger partial charge >= 0.3 is 5.97 Å². The van der Waals surface area contributed by atoms with Crippen LogP contribution < -0.4 is 0 Å². The summed E-state index contributed by atoms with van der Waals surface area (Å²) in [6.07, 6.45) is 6.54. The lowest BCUT2D eigenvalue weighted by molar-refractivity contribution is -0.114. The molecule has 0 amide bonds. The highest BCUT2D eigenvalue weighted by atomic mass is 16.6. The van der Waals surface area contributed by atoms with Crippen molar-refractivity contribution in [2.45, 2.75) is 45.0 Å². The van der Waals surface area contributed by atoms with E-state index in [-0.39, 0.29) is 41.3 Å². The van der Waals surface area contributed by atoms with E-state index in [0.717, 1.165) is 6.07 Å². The molecule has 3 atom stereocenters. The number of ketones is 1. The third kappa shape index (κ3) is 3.74. The van der Waals surface area contributed by atoms with Gasteiger partial charge in [-0.3, -0.25) is 4.79 Å². The van der Waals surface area contributed by atoms with Crippen LogP contribution in [0.15, 0.2) is 30.4 Å². The first-order chi connectivity index (χ1) is 11.9. The van der Waals surface area contributed by atoms with Crippen LogP contribution in [0.2, 0.25) is 0 Å². The molecule has 3 rings (SSSR count). The standard InChI is InChI=1S/C19H20O6/c1-10-7-17-16(25-17)6-4-3-5-12(20)8-13-11(2)14(21)9-15(22)18(13)19(23)24-10/h3-6,9-10,16-17,21-22H,7-8H2,1-2H3/b5-3+,6-4-. The molecule has 0 saturated carbocycles. The number of benzene rings is 1. The molecule has 25 heavy (non-hydrogen) atoms. The lowest BCUT2D eigenvalue weighted by Crippen LogP contribution is -2.20. The quantitative estimate of drug-likeness (QED) is 0.554. The van der Waals surface area contributed by atoms with Crippen molar-refractivity contribution in [2.24, 2.45) is 0 Å². The number of carbonyl (C=O) groups excluding carboxylic acids is 2. The van der Waals surface area contributed by atoms with E-state index in [9.17, 15) is 19.8 Å². The van der Waals surface area contributed by atoms with Crippen molar-refractivity contribution in [2.75, 3.05) is 0 Å². The zero-order chi connectivity index (χ0) is 18.1. The molecular formula is C19H20O6. The van der Waals surface area contributed by atoms with E-state index in [0.29, 0.717) is 12.0 Å². The molecule has 1 aromatic carbocycles. The van der Waals surface area contributed by atoms with E-state index in [1.54, 1.807) is 26.0 Å². The van der Waals surface area contributed by atoms with Gasteiger partial charge in [-0.25, -0.2) is 4.79 Å². The number of phenolic OH excluding ortho intramolecular Hbond substituents is 2. The van der Waals surface area contributed by atoms with Crippen LogP contribution >= 0.6 is 0 Å².